The van der Waals surface area contributed by atoms with Crippen LogP contribution in [0.4, 0.5) is 5.69 Å². The number of rotatable bonds is 5. The number of nitrogens with zero attached hydrogens (tertiary/aromatic N) is 1. The number of ether oxygens (including phenoxy) is 2. The molecule has 7 nitrogen and oxygen atoms in total. The molecule has 0 saturated heterocycles. The molecule has 27 heavy (non-hydrogen) atoms. The summed E-state index contributed by atoms with van der Waals surface area (Å²) in [6.45, 7) is 7.49. The molecule has 0 atom stereocenters. The van der Waals surface area contributed by atoms with Crippen molar-refractivity contribution < 1.29 is 23.9 Å². The number of amides is 1. The zero-order chi connectivity index (χ0) is 19.7. The lowest BCUT2D eigenvalue weighted by Crippen LogP contribution is -2.25. The summed E-state index contributed by atoms with van der Waals surface area (Å²) in [5, 5.41) is 2.65. The van der Waals surface area contributed by atoms with Crippen molar-refractivity contribution in [3.8, 4) is 5.75 Å². The third kappa shape index (κ3) is 3.72. The standard InChI is InChI=1S/C20H22N2O5/c1-11(2)22-12(3)7-15(13(22)4)17(23)9-27-20(25)14-5-6-16-18(8-14)26-10-19(24)21-16/h5-8,11H,9-10H2,1-4H3,(H,21,24). The molecule has 1 amide bonds. The van der Waals surface area contributed by atoms with Crippen molar-refractivity contribution in [2.75, 3.05) is 18.5 Å². The first kappa shape index (κ1) is 18.7. The van der Waals surface area contributed by atoms with E-state index in [1.807, 2.05) is 19.9 Å². The predicted octanol–water partition coefficient (Wildman–Crippen LogP) is 3.06. The van der Waals surface area contributed by atoms with Crippen LogP contribution < -0.4 is 10.1 Å². The molecule has 1 aliphatic rings. The Labute approximate surface area is 157 Å². The normalized spacial score (nSPS) is 13.0. The Morgan fingerprint density at radius 1 is 1.26 bits per heavy atom. The number of nitrogens with one attached hydrogen (secondary N) is 1. The van der Waals surface area contributed by atoms with Gasteiger partial charge in [0.1, 0.15) is 5.75 Å². The number of aryl methyl sites for hydroxylation is 1. The topological polar surface area (TPSA) is 86.6 Å². The number of anilines is 1. The minimum absolute atomic E-state index is 0.102. The van der Waals surface area contributed by atoms with E-state index >= 15 is 0 Å². The molecular weight excluding hydrogens is 348 g/mol. The molecule has 7 heteroatoms. The van der Waals surface area contributed by atoms with E-state index in [9.17, 15) is 14.4 Å². The maximum Gasteiger partial charge on any atom is 0.338 e. The highest BCUT2D eigenvalue weighted by Gasteiger charge is 2.21. The van der Waals surface area contributed by atoms with Gasteiger partial charge in [0, 0.05) is 23.0 Å². The van der Waals surface area contributed by atoms with Gasteiger partial charge in [0.2, 0.25) is 5.78 Å². The first-order valence-corrected chi connectivity index (χ1v) is 8.73. The molecule has 1 aromatic heterocycles. The van der Waals surface area contributed by atoms with Gasteiger partial charge in [0.05, 0.1) is 11.3 Å². The molecular formula is C20H22N2O5. The third-order valence-corrected chi connectivity index (χ3v) is 4.49. The van der Waals surface area contributed by atoms with Gasteiger partial charge in [-0.05, 0) is 52.0 Å². The van der Waals surface area contributed by atoms with Crippen LogP contribution in [0.2, 0.25) is 0 Å². The molecule has 142 valence electrons. The number of aromatic nitrogens is 1. The summed E-state index contributed by atoms with van der Waals surface area (Å²) in [6, 6.07) is 6.64. The van der Waals surface area contributed by atoms with E-state index < -0.39 is 5.97 Å². The van der Waals surface area contributed by atoms with Gasteiger partial charge in [-0.25, -0.2) is 4.79 Å². The first-order chi connectivity index (χ1) is 12.8. The fraction of sp³-hybridized carbons (Fsp3) is 0.350. The molecule has 2 aromatic rings. The number of fused-ring (bicyclic) bond motifs is 1. The maximum absolute atomic E-state index is 12.5. The van der Waals surface area contributed by atoms with Crippen LogP contribution in [-0.4, -0.2) is 35.4 Å². The zero-order valence-corrected chi connectivity index (χ0v) is 15.8. The van der Waals surface area contributed by atoms with Crippen LogP contribution in [0.5, 0.6) is 5.75 Å². The van der Waals surface area contributed by atoms with Crippen molar-refractivity contribution in [3.05, 3.63) is 46.8 Å². The first-order valence-electron chi connectivity index (χ1n) is 8.73. The molecule has 0 spiro atoms. The SMILES string of the molecule is Cc1cc(C(=O)COC(=O)c2ccc3c(c2)OCC(=O)N3)c(C)n1C(C)C. The molecule has 0 unspecified atom stereocenters. The number of hydrogen-bond acceptors (Lipinski definition) is 5. The van der Waals surface area contributed by atoms with E-state index in [1.165, 1.54) is 12.1 Å². The lowest BCUT2D eigenvalue weighted by Gasteiger charge is -2.18. The van der Waals surface area contributed by atoms with E-state index in [4.69, 9.17) is 9.47 Å². The van der Waals surface area contributed by atoms with Crippen LogP contribution in [0.25, 0.3) is 0 Å². The van der Waals surface area contributed by atoms with Crippen LogP contribution in [0.1, 0.15) is 52.0 Å². The monoisotopic (exact) mass is 370 g/mol. The second-order valence-corrected chi connectivity index (χ2v) is 6.80. The molecule has 1 aromatic carbocycles. The van der Waals surface area contributed by atoms with E-state index in [0.717, 1.165) is 11.4 Å². The Kier molecular flexibility index (Phi) is 5.03. The van der Waals surface area contributed by atoms with Crippen molar-refractivity contribution in [3.63, 3.8) is 0 Å². The van der Waals surface area contributed by atoms with Crippen molar-refractivity contribution in [1.82, 2.24) is 4.57 Å². The lowest BCUT2D eigenvalue weighted by atomic mass is 10.1. The van der Waals surface area contributed by atoms with Crippen LogP contribution in [0.15, 0.2) is 24.3 Å². The van der Waals surface area contributed by atoms with Gasteiger partial charge < -0.3 is 19.4 Å². The largest absolute Gasteiger partial charge is 0.482 e. The summed E-state index contributed by atoms with van der Waals surface area (Å²) in [5.74, 6) is -0.715. The number of esters is 1. The molecule has 1 aliphatic heterocycles. The van der Waals surface area contributed by atoms with E-state index in [0.29, 0.717) is 17.0 Å². The Bertz CT molecular complexity index is 927. The van der Waals surface area contributed by atoms with Crippen LogP contribution >= 0.6 is 0 Å². The summed E-state index contributed by atoms with van der Waals surface area (Å²) >= 11 is 0. The highest BCUT2D eigenvalue weighted by atomic mass is 16.5. The third-order valence-electron chi connectivity index (χ3n) is 4.49. The fourth-order valence-corrected chi connectivity index (χ4v) is 3.35. The molecule has 0 radical (unpaired) electrons. The Balaban J connectivity index is 1.68. The average molecular weight is 370 g/mol. The predicted molar refractivity (Wildman–Crippen MR) is 99.5 cm³/mol. The van der Waals surface area contributed by atoms with Gasteiger partial charge in [-0.3, -0.25) is 9.59 Å². The highest BCUT2D eigenvalue weighted by Crippen LogP contribution is 2.29. The fourth-order valence-electron chi connectivity index (χ4n) is 3.35. The molecule has 0 bridgehead atoms. The van der Waals surface area contributed by atoms with Crippen molar-refractivity contribution in [2.45, 2.75) is 33.7 Å². The van der Waals surface area contributed by atoms with E-state index in [2.05, 4.69) is 23.7 Å². The Morgan fingerprint density at radius 2 is 2.00 bits per heavy atom. The van der Waals surface area contributed by atoms with Gasteiger partial charge in [-0.1, -0.05) is 0 Å². The van der Waals surface area contributed by atoms with E-state index in [1.54, 1.807) is 6.07 Å². The van der Waals surface area contributed by atoms with Crippen LogP contribution in [0.3, 0.4) is 0 Å². The minimum Gasteiger partial charge on any atom is -0.482 e. The molecule has 3 rings (SSSR count). The summed E-state index contributed by atoms with van der Waals surface area (Å²) < 4.78 is 12.5. The second-order valence-electron chi connectivity index (χ2n) is 6.80. The van der Waals surface area contributed by atoms with Gasteiger partial charge >= 0.3 is 5.97 Å². The number of carbonyl (C=O) groups is 3. The Morgan fingerprint density at radius 3 is 2.67 bits per heavy atom. The summed E-state index contributed by atoms with van der Waals surface area (Å²) in [7, 11) is 0. The lowest BCUT2D eigenvalue weighted by molar-refractivity contribution is -0.118. The summed E-state index contributed by atoms with van der Waals surface area (Å²) in [6.07, 6.45) is 0. The minimum atomic E-state index is -0.621. The molecule has 1 N–H and O–H groups in total. The summed E-state index contributed by atoms with van der Waals surface area (Å²) in [5.41, 5.74) is 3.17. The van der Waals surface area contributed by atoms with Crippen LogP contribution in [0, 0.1) is 13.8 Å². The zero-order valence-electron chi connectivity index (χ0n) is 15.8. The Hall–Kier alpha value is -3.09. The smallest absolute Gasteiger partial charge is 0.338 e. The quantitative estimate of drug-likeness (QED) is 0.646. The second kappa shape index (κ2) is 7.26. The number of hydrogen-bond donors (Lipinski definition) is 1. The highest BCUT2D eigenvalue weighted by molar-refractivity contribution is 6.01. The number of Topliss-reactive ketones (excluding diaryl/α,β-unsaturated/α-hetero) is 1. The average Bonchev–Trinajstić information content (AvgIpc) is 2.93. The number of benzene rings is 1. The van der Waals surface area contributed by atoms with Gasteiger partial charge in [-0.15, -0.1) is 0 Å². The molecule has 0 aliphatic carbocycles. The number of ketones is 1. The maximum atomic E-state index is 12.5. The number of carbonyl (C=O) groups excluding carboxylic acids is 3. The molecule has 0 fully saturated rings. The van der Waals surface area contributed by atoms with Gasteiger partial charge in [0.25, 0.3) is 5.91 Å². The van der Waals surface area contributed by atoms with Gasteiger partial charge in [0.15, 0.2) is 13.2 Å². The van der Waals surface area contributed by atoms with E-state index in [-0.39, 0.29) is 36.5 Å². The van der Waals surface area contributed by atoms with Crippen LogP contribution in [-0.2, 0) is 9.53 Å². The van der Waals surface area contributed by atoms with Crippen molar-refractivity contribution in [1.29, 1.82) is 0 Å². The van der Waals surface area contributed by atoms with Crippen molar-refractivity contribution >= 4 is 23.3 Å². The molecule has 0 saturated carbocycles. The molecule has 2 heterocycles. The van der Waals surface area contributed by atoms with Crippen molar-refractivity contribution in [2.24, 2.45) is 0 Å². The summed E-state index contributed by atoms with van der Waals surface area (Å²) in [4.78, 5) is 36.1. The van der Waals surface area contributed by atoms with Gasteiger partial charge in [-0.2, -0.15) is 0 Å².